The summed E-state index contributed by atoms with van der Waals surface area (Å²) in [6.07, 6.45) is 10.5. The van der Waals surface area contributed by atoms with Gasteiger partial charge in [-0.15, -0.1) is 47.8 Å². The van der Waals surface area contributed by atoms with E-state index in [0.717, 1.165) is 55.9 Å². The molecule has 0 aliphatic carbocycles. The van der Waals surface area contributed by atoms with Gasteiger partial charge in [-0.1, -0.05) is 126 Å². The van der Waals surface area contributed by atoms with Crippen LogP contribution in [0.25, 0.3) is 56.2 Å². The fraction of sp³-hybridized carbons (Fsp3) is 0.143. The molecule has 0 N–H and O–H groups in total. The normalized spacial score (nSPS) is 11.5. The van der Waals surface area contributed by atoms with Crippen LogP contribution in [-0.4, -0.2) is 19.1 Å². The van der Waals surface area contributed by atoms with Crippen molar-refractivity contribution in [2.75, 3.05) is 0 Å². The van der Waals surface area contributed by atoms with Crippen molar-refractivity contribution in [1.29, 1.82) is 0 Å². The Morgan fingerprint density at radius 2 is 0.818 bits per heavy atom. The van der Waals surface area contributed by atoms with Crippen molar-refractivity contribution >= 4 is 22.1 Å². The number of ether oxygens (including phenoxy) is 2. The summed E-state index contributed by atoms with van der Waals surface area (Å²) in [6.45, 7) is 13.1. The van der Waals surface area contributed by atoms with Gasteiger partial charge in [0.25, 0.3) is 12.7 Å². The van der Waals surface area contributed by atoms with Crippen molar-refractivity contribution < 1.29 is 60.7 Å². The summed E-state index contributed by atoms with van der Waals surface area (Å²) < 4.78 is 21.3. The summed E-state index contributed by atoms with van der Waals surface area (Å²) in [4.78, 5) is 9.24. The van der Waals surface area contributed by atoms with Crippen molar-refractivity contribution in [1.82, 2.24) is 19.1 Å². The van der Waals surface area contributed by atoms with Crippen LogP contribution in [0.5, 0.6) is 23.0 Å². The molecule has 66 heavy (non-hydrogen) atoms. The van der Waals surface area contributed by atoms with Gasteiger partial charge in [0.05, 0.1) is 33.4 Å². The maximum Gasteiger partial charge on any atom is 0.268 e. The second kappa shape index (κ2) is 18.8. The number of imidazole rings is 2. The van der Waals surface area contributed by atoms with Gasteiger partial charge in [0.1, 0.15) is 0 Å². The molecule has 0 amide bonds. The third-order valence-electron chi connectivity index (χ3n) is 11.0. The molecule has 0 fully saturated rings. The Morgan fingerprint density at radius 1 is 0.439 bits per heavy atom. The number of fused-ring (bicyclic) bond motifs is 2. The first kappa shape index (κ1) is 46.1. The second-order valence-electron chi connectivity index (χ2n) is 17.7. The van der Waals surface area contributed by atoms with Crippen LogP contribution in [-0.2, 0) is 53.0 Å². The van der Waals surface area contributed by atoms with Crippen molar-refractivity contribution in [2.45, 2.75) is 52.4 Å². The van der Waals surface area contributed by atoms with Gasteiger partial charge in [-0.25, -0.2) is 0 Å². The molecule has 0 aliphatic heterocycles. The molecule has 334 valence electrons. The molecule has 8 nitrogen and oxygen atoms in total. The summed E-state index contributed by atoms with van der Waals surface area (Å²) in [5.74, 6) is 1.99. The summed E-state index contributed by atoms with van der Waals surface area (Å²) >= 11 is 0. The van der Waals surface area contributed by atoms with Crippen LogP contribution in [0.3, 0.4) is 0 Å². The number of rotatable bonds is 9. The Hall–Kier alpha value is -6.46. The second-order valence-corrected chi connectivity index (χ2v) is 17.7. The van der Waals surface area contributed by atoms with Crippen LogP contribution in [0.1, 0.15) is 52.7 Å². The van der Waals surface area contributed by atoms with E-state index < -0.39 is 0 Å². The van der Waals surface area contributed by atoms with Gasteiger partial charge in [0, 0.05) is 65.1 Å². The van der Waals surface area contributed by atoms with Crippen LogP contribution in [0.4, 0.5) is 0 Å². The predicted octanol–water partition coefficient (Wildman–Crippen LogP) is 11.6. The zero-order chi connectivity index (χ0) is 44.0. The maximum atomic E-state index is 6.56. The van der Waals surface area contributed by atoms with Crippen LogP contribution in [0.2, 0.25) is 0 Å². The third-order valence-corrected chi connectivity index (χ3v) is 11.0. The van der Waals surface area contributed by atoms with Crippen LogP contribution in [0.15, 0.2) is 158 Å². The molecule has 0 radical (unpaired) electrons. The molecule has 4 aromatic heterocycles. The van der Waals surface area contributed by atoms with Crippen LogP contribution >= 0.6 is 0 Å². The monoisotopic (exact) mass is 1220 g/mol. The van der Waals surface area contributed by atoms with E-state index in [-0.39, 0.29) is 53.0 Å². The van der Waals surface area contributed by atoms with Crippen molar-refractivity contribution in [3.05, 3.63) is 206 Å². The largest absolute Gasteiger partial charge is 0.511 e. The first-order valence-electron chi connectivity index (χ1n) is 21.2. The number of nitrogens with zero attached hydrogens (tertiary/aromatic N) is 6. The summed E-state index contributed by atoms with van der Waals surface area (Å²) in [6, 6.07) is 62.6. The standard InChI is InChI=1S/C56H44N6O2.2Pt/c1-55(2,3)39-29-43(61-37-59(41-17-9-7-10-18-41)51-21-13-15-23-53(51)61)33-47(31-39)63-45-25-27-57-49(35-45)50-36-46(26-28-58-50)64-48-32-40(56(4,5)6)30-44(34-48)62-38-60(42-19-11-8-12-20-42)52-22-14-16-24-54(52)62;;/h7-32H,1-6H3;;/q-4;;. The summed E-state index contributed by atoms with van der Waals surface area (Å²) in [7, 11) is 0. The minimum absolute atomic E-state index is 0. The SMILES string of the molecule is CC(C)(C)c1cc(Oc2[c-]c(-c3[c-]c(Oc4[c-]c(-[n+]5[c-]n(-c6ccccc6)c6ccccc65)cc(C(C)(C)C)c4)ccn3)ncc2)[c-]c(-[n+]2[c-]n(-c3ccccc3)c3ccccc32)c1.[Pt].[Pt]. The molecule has 10 heteroatoms. The maximum absolute atomic E-state index is 6.56. The topological polar surface area (TPSA) is 61.9 Å². The van der Waals surface area contributed by atoms with E-state index in [4.69, 9.17) is 9.47 Å². The Kier molecular flexibility index (Phi) is 13.1. The summed E-state index contributed by atoms with van der Waals surface area (Å²) in [5, 5.41) is 0. The van der Waals surface area contributed by atoms with Crippen molar-refractivity contribution in [3.63, 3.8) is 0 Å². The zero-order valence-corrected chi connectivity index (χ0v) is 41.7. The van der Waals surface area contributed by atoms with Gasteiger partial charge in [0.15, 0.2) is 0 Å². The predicted molar refractivity (Wildman–Crippen MR) is 248 cm³/mol. The fourth-order valence-electron chi connectivity index (χ4n) is 7.63. The van der Waals surface area contributed by atoms with Crippen molar-refractivity contribution in [3.8, 4) is 57.1 Å². The average molecular weight is 1220 g/mol. The van der Waals surface area contributed by atoms with E-state index in [1.54, 1.807) is 24.5 Å². The number of para-hydroxylation sites is 6. The quantitative estimate of drug-likeness (QED) is 0.107. The molecule has 0 atom stereocenters. The van der Waals surface area contributed by atoms with Gasteiger partial charge in [0.2, 0.25) is 0 Å². The molecule has 10 aromatic rings. The number of hydrogen-bond acceptors (Lipinski definition) is 4. The minimum Gasteiger partial charge on any atom is -0.511 e. The van der Waals surface area contributed by atoms with Gasteiger partial charge in [-0.05, 0) is 58.9 Å². The van der Waals surface area contributed by atoms with Gasteiger partial charge >= 0.3 is 0 Å². The van der Waals surface area contributed by atoms with E-state index in [1.807, 2.05) is 81.9 Å². The van der Waals surface area contributed by atoms with Gasteiger partial charge < -0.3 is 28.6 Å². The zero-order valence-electron chi connectivity index (χ0n) is 37.1. The Labute approximate surface area is 414 Å². The van der Waals surface area contributed by atoms with Gasteiger partial charge in [-0.3, -0.25) is 9.13 Å². The van der Waals surface area contributed by atoms with Crippen LogP contribution in [0, 0.1) is 36.9 Å². The Morgan fingerprint density at radius 3 is 1.21 bits per heavy atom. The van der Waals surface area contributed by atoms with E-state index in [0.29, 0.717) is 34.4 Å². The first-order valence-corrected chi connectivity index (χ1v) is 21.2. The minimum atomic E-state index is -0.185. The van der Waals surface area contributed by atoms with Gasteiger partial charge in [-0.2, -0.15) is 35.4 Å². The van der Waals surface area contributed by atoms with E-state index in [1.165, 1.54) is 0 Å². The smallest absolute Gasteiger partial charge is 0.268 e. The Bertz CT molecular complexity index is 3090. The molecule has 4 heterocycles. The molecule has 0 aliphatic rings. The molecule has 0 spiro atoms. The van der Waals surface area contributed by atoms with Crippen LogP contribution < -0.4 is 18.6 Å². The third kappa shape index (κ3) is 9.45. The molecular weight excluding hydrogens is 1180 g/mol. The van der Waals surface area contributed by atoms with E-state index >= 15 is 0 Å². The Balaban J connectivity index is 0.00000296. The summed E-state index contributed by atoms with van der Waals surface area (Å²) in [5.41, 5.74) is 10.4. The molecule has 0 bridgehead atoms. The van der Waals surface area contributed by atoms with Crippen molar-refractivity contribution in [2.24, 2.45) is 0 Å². The number of pyridine rings is 2. The van der Waals surface area contributed by atoms with E-state index in [2.05, 4.69) is 158 Å². The molecule has 0 unspecified atom stereocenters. The molecule has 0 saturated carbocycles. The number of aromatic nitrogens is 6. The molecule has 0 saturated heterocycles. The number of hydrogen-bond donors (Lipinski definition) is 0. The number of benzene rings is 6. The molecule has 10 rings (SSSR count). The average Bonchev–Trinajstić information content (AvgIpc) is 3.89. The molecule has 6 aromatic carbocycles. The van der Waals surface area contributed by atoms with E-state index in [9.17, 15) is 0 Å². The molecular formula is C56H44N6O2Pt2-4. The first-order chi connectivity index (χ1) is 30.9. The fourth-order valence-corrected chi connectivity index (χ4v) is 7.63.